The minimum Gasteiger partial charge on any atom is -0.403 e. The molecule has 0 fully saturated rings. The van der Waals surface area contributed by atoms with Crippen LogP contribution in [0.5, 0.6) is 0 Å². The van der Waals surface area contributed by atoms with Crippen molar-refractivity contribution < 1.29 is 13.6 Å². The highest BCUT2D eigenvalue weighted by Crippen LogP contribution is 2.22. The first-order valence-corrected chi connectivity index (χ1v) is 9.66. The van der Waals surface area contributed by atoms with E-state index in [1.54, 1.807) is 23.9 Å². The summed E-state index contributed by atoms with van der Waals surface area (Å²) in [4.78, 5) is 12.9. The van der Waals surface area contributed by atoms with E-state index in [-0.39, 0.29) is 17.7 Å². The highest BCUT2D eigenvalue weighted by molar-refractivity contribution is 9.10. The van der Waals surface area contributed by atoms with Crippen molar-refractivity contribution >= 4 is 39.6 Å². The van der Waals surface area contributed by atoms with Crippen molar-refractivity contribution in [1.82, 2.24) is 10.2 Å². The van der Waals surface area contributed by atoms with Gasteiger partial charge in [0.05, 0.1) is 0 Å². The average Bonchev–Trinajstić information content (AvgIpc) is 3.09. The van der Waals surface area contributed by atoms with E-state index < -0.39 is 0 Å². The lowest BCUT2D eigenvalue weighted by Crippen LogP contribution is -2.11. The molecular formula is C18H15BrFN3O2S. The Morgan fingerprint density at radius 3 is 2.58 bits per heavy atom. The molecule has 0 atom stereocenters. The Kier molecular flexibility index (Phi) is 6.40. The van der Waals surface area contributed by atoms with Gasteiger partial charge in [-0.1, -0.05) is 21.0 Å². The fourth-order valence-corrected chi connectivity index (χ4v) is 3.24. The SMILES string of the molecule is O=C(CCCSc1ccc(F)cc1)Nc1nnc(-c2ccc(Br)cc2)o1. The van der Waals surface area contributed by atoms with Gasteiger partial charge in [0.1, 0.15) is 5.82 Å². The Labute approximate surface area is 162 Å². The maximum atomic E-state index is 12.8. The third kappa shape index (κ3) is 5.40. The molecule has 8 heteroatoms. The van der Waals surface area contributed by atoms with Crippen molar-refractivity contribution in [2.45, 2.75) is 17.7 Å². The predicted molar refractivity (Wildman–Crippen MR) is 102 cm³/mol. The van der Waals surface area contributed by atoms with Gasteiger partial charge in [0, 0.05) is 21.4 Å². The molecule has 0 radical (unpaired) electrons. The summed E-state index contributed by atoms with van der Waals surface area (Å²) >= 11 is 4.94. The van der Waals surface area contributed by atoms with E-state index in [9.17, 15) is 9.18 Å². The molecule has 0 saturated heterocycles. The molecular weight excluding hydrogens is 421 g/mol. The van der Waals surface area contributed by atoms with E-state index >= 15 is 0 Å². The molecule has 1 N–H and O–H groups in total. The van der Waals surface area contributed by atoms with Gasteiger partial charge in [-0.25, -0.2) is 4.39 Å². The minimum absolute atomic E-state index is 0.0825. The number of rotatable bonds is 7. The highest BCUT2D eigenvalue weighted by atomic mass is 79.9. The van der Waals surface area contributed by atoms with Crippen LogP contribution in [0.3, 0.4) is 0 Å². The van der Waals surface area contributed by atoms with Gasteiger partial charge in [0.15, 0.2) is 0 Å². The average molecular weight is 436 g/mol. The first-order chi connectivity index (χ1) is 12.6. The van der Waals surface area contributed by atoms with Gasteiger partial charge in [-0.2, -0.15) is 0 Å². The quantitative estimate of drug-likeness (QED) is 0.410. The van der Waals surface area contributed by atoms with Gasteiger partial charge in [0.2, 0.25) is 11.8 Å². The summed E-state index contributed by atoms with van der Waals surface area (Å²) in [5.74, 6) is 0.665. The van der Waals surface area contributed by atoms with E-state index in [1.165, 1.54) is 12.1 Å². The van der Waals surface area contributed by atoms with Crippen LogP contribution in [-0.2, 0) is 4.79 Å². The summed E-state index contributed by atoms with van der Waals surface area (Å²) in [6, 6.07) is 13.8. The van der Waals surface area contributed by atoms with Gasteiger partial charge in [-0.05, 0) is 60.7 Å². The van der Waals surface area contributed by atoms with Gasteiger partial charge < -0.3 is 4.42 Å². The number of halogens is 2. The molecule has 3 aromatic rings. The van der Waals surface area contributed by atoms with Crippen LogP contribution in [0, 0.1) is 5.82 Å². The second-order valence-corrected chi connectivity index (χ2v) is 7.46. The molecule has 0 aliphatic carbocycles. The number of benzene rings is 2. The van der Waals surface area contributed by atoms with E-state index in [4.69, 9.17) is 4.42 Å². The minimum atomic E-state index is -0.254. The lowest BCUT2D eigenvalue weighted by Gasteiger charge is -2.02. The van der Waals surface area contributed by atoms with Crippen molar-refractivity contribution in [3.05, 3.63) is 58.8 Å². The molecule has 0 bridgehead atoms. The molecule has 134 valence electrons. The van der Waals surface area contributed by atoms with Crippen molar-refractivity contribution in [3.63, 3.8) is 0 Å². The van der Waals surface area contributed by atoms with Crippen molar-refractivity contribution in [3.8, 4) is 11.5 Å². The Morgan fingerprint density at radius 1 is 1.12 bits per heavy atom. The monoisotopic (exact) mass is 435 g/mol. The topological polar surface area (TPSA) is 68.0 Å². The molecule has 0 unspecified atom stereocenters. The zero-order valence-electron chi connectivity index (χ0n) is 13.6. The number of hydrogen-bond donors (Lipinski definition) is 1. The zero-order chi connectivity index (χ0) is 18.4. The Balaban J connectivity index is 1.43. The van der Waals surface area contributed by atoms with Gasteiger partial charge in [0.25, 0.3) is 0 Å². The molecule has 0 saturated carbocycles. The smallest absolute Gasteiger partial charge is 0.322 e. The van der Waals surface area contributed by atoms with Crippen molar-refractivity contribution in [2.75, 3.05) is 11.1 Å². The third-order valence-corrected chi connectivity index (χ3v) is 5.02. The van der Waals surface area contributed by atoms with Crippen LogP contribution >= 0.6 is 27.7 Å². The number of thioether (sulfide) groups is 1. The molecule has 5 nitrogen and oxygen atoms in total. The first-order valence-electron chi connectivity index (χ1n) is 7.88. The zero-order valence-corrected chi connectivity index (χ0v) is 16.0. The lowest BCUT2D eigenvalue weighted by molar-refractivity contribution is -0.116. The molecule has 2 aromatic carbocycles. The molecule has 1 amide bonds. The first kappa shape index (κ1) is 18.6. The fraction of sp³-hybridized carbons (Fsp3) is 0.167. The molecule has 1 aromatic heterocycles. The number of nitrogens with zero attached hydrogens (tertiary/aromatic N) is 2. The summed E-state index contributed by atoms with van der Waals surface area (Å²) in [5, 5.41) is 10.4. The van der Waals surface area contributed by atoms with E-state index in [0.717, 1.165) is 20.7 Å². The van der Waals surface area contributed by atoms with E-state index in [2.05, 4.69) is 31.4 Å². The van der Waals surface area contributed by atoms with Crippen LogP contribution < -0.4 is 5.32 Å². The molecule has 0 aliphatic heterocycles. The Hall–Kier alpha value is -2.19. The van der Waals surface area contributed by atoms with Gasteiger partial charge in [-0.3, -0.25) is 10.1 Å². The Morgan fingerprint density at radius 2 is 1.85 bits per heavy atom. The van der Waals surface area contributed by atoms with Gasteiger partial charge in [-0.15, -0.1) is 16.9 Å². The largest absolute Gasteiger partial charge is 0.403 e. The van der Waals surface area contributed by atoms with Crippen LogP contribution in [0.4, 0.5) is 10.4 Å². The van der Waals surface area contributed by atoms with Crippen LogP contribution in [0.15, 0.2) is 62.3 Å². The second-order valence-electron chi connectivity index (χ2n) is 5.37. The summed E-state index contributed by atoms with van der Waals surface area (Å²) in [6.45, 7) is 0. The van der Waals surface area contributed by atoms with E-state index in [0.29, 0.717) is 18.7 Å². The molecule has 0 aliphatic rings. The Bertz CT molecular complexity index is 869. The third-order valence-electron chi connectivity index (χ3n) is 3.39. The van der Waals surface area contributed by atoms with Crippen LogP contribution in [0.2, 0.25) is 0 Å². The maximum Gasteiger partial charge on any atom is 0.322 e. The standard InChI is InChI=1S/C18H15BrFN3O2S/c19-13-5-3-12(4-6-13)17-22-23-18(25-17)21-16(24)2-1-11-26-15-9-7-14(20)8-10-15/h3-10H,1-2,11H2,(H,21,23,24). The molecule has 26 heavy (non-hydrogen) atoms. The normalized spacial score (nSPS) is 10.7. The van der Waals surface area contributed by atoms with Crippen LogP contribution in [0.25, 0.3) is 11.5 Å². The summed E-state index contributed by atoms with van der Waals surface area (Å²) in [5.41, 5.74) is 0.775. The summed E-state index contributed by atoms with van der Waals surface area (Å²) in [7, 11) is 0. The summed E-state index contributed by atoms with van der Waals surface area (Å²) < 4.78 is 19.2. The number of anilines is 1. The number of amides is 1. The van der Waals surface area contributed by atoms with Gasteiger partial charge >= 0.3 is 6.01 Å². The highest BCUT2D eigenvalue weighted by Gasteiger charge is 2.11. The predicted octanol–water partition coefficient (Wildman–Crippen LogP) is 5.15. The van der Waals surface area contributed by atoms with E-state index in [1.807, 2.05) is 24.3 Å². The molecule has 3 rings (SSSR count). The van der Waals surface area contributed by atoms with Crippen molar-refractivity contribution in [1.29, 1.82) is 0 Å². The fourth-order valence-electron chi connectivity index (χ4n) is 2.12. The van der Waals surface area contributed by atoms with Crippen LogP contribution in [-0.4, -0.2) is 21.9 Å². The number of carbonyl (C=O) groups is 1. The second kappa shape index (κ2) is 8.95. The molecule has 0 spiro atoms. The number of nitrogens with one attached hydrogen (secondary N) is 1. The maximum absolute atomic E-state index is 12.8. The van der Waals surface area contributed by atoms with Crippen LogP contribution in [0.1, 0.15) is 12.8 Å². The molecule has 1 heterocycles. The number of carbonyl (C=O) groups excluding carboxylic acids is 1. The lowest BCUT2D eigenvalue weighted by atomic mass is 10.2. The van der Waals surface area contributed by atoms with Crippen molar-refractivity contribution in [2.24, 2.45) is 0 Å². The number of aromatic nitrogens is 2. The number of hydrogen-bond acceptors (Lipinski definition) is 5. The summed E-state index contributed by atoms with van der Waals surface area (Å²) in [6.07, 6.45) is 1.02.